The molecule has 0 radical (unpaired) electrons. The van der Waals surface area contributed by atoms with Gasteiger partial charge in [-0.05, 0) is 18.2 Å². The summed E-state index contributed by atoms with van der Waals surface area (Å²) in [6.07, 6.45) is 6.66. The molecule has 9 heteroatoms. The second-order valence-electron chi connectivity index (χ2n) is 5.83. The third-order valence-electron chi connectivity index (χ3n) is 3.45. The molecule has 6 nitrogen and oxygen atoms in total. The zero-order valence-corrected chi connectivity index (χ0v) is 15.3. The maximum atomic E-state index is 13.5. The fraction of sp³-hybridized carbons (Fsp3) is 0.167. The maximum absolute atomic E-state index is 13.5. The molecule has 1 aromatic carbocycles. The minimum absolute atomic E-state index is 0.247. The van der Waals surface area contributed by atoms with E-state index in [9.17, 15) is 13.6 Å². The Balaban J connectivity index is 1.61. The number of halogens is 2. The van der Waals surface area contributed by atoms with E-state index in [0.29, 0.717) is 5.89 Å². The van der Waals surface area contributed by atoms with Crippen molar-refractivity contribution in [1.29, 1.82) is 0 Å². The number of thiazole rings is 1. The highest BCUT2D eigenvalue weighted by Crippen LogP contribution is 2.23. The Hall–Kier alpha value is -3.07. The second kappa shape index (κ2) is 8.09. The molecule has 3 rings (SSSR count). The zero-order valence-electron chi connectivity index (χ0n) is 14.5. The van der Waals surface area contributed by atoms with Gasteiger partial charge in [0.15, 0.2) is 5.13 Å². The zero-order chi connectivity index (χ0) is 19.4. The molecule has 0 bridgehead atoms. The molecule has 0 fully saturated rings. The summed E-state index contributed by atoms with van der Waals surface area (Å²) in [5.74, 6) is -0.219. The first kappa shape index (κ1) is 18.7. The van der Waals surface area contributed by atoms with Gasteiger partial charge in [-0.2, -0.15) is 0 Å². The number of amides is 2. The summed E-state index contributed by atoms with van der Waals surface area (Å²) in [5, 5.41) is 4.84. The van der Waals surface area contributed by atoms with E-state index in [-0.39, 0.29) is 11.0 Å². The van der Waals surface area contributed by atoms with Crippen molar-refractivity contribution in [2.24, 2.45) is 0 Å². The van der Waals surface area contributed by atoms with Crippen LogP contribution < -0.4 is 10.6 Å². The van der Waals surface area contributed by atoms with Gasteiger partial charge in [0, 0.05) is 23.1 Å². The van der Waals surface area contributed by atoms with Crippen molar-refractivity contribution in [3.8, 4) is 0 Å². The average molecular weight is 390 g/mol. The highest BCUT2D eigenvalue weighted by molar-refractivity contribution is 7.16. The van der Waals surface area contributed by atoms with Crippen LogP contribution in [-0.4, -0.2) is 16.0 Å². The van der Waals surface area contributed by atoms with Crippen LogP contribution in [0.25, 0.3) is 12.2 Å². The Bertz CT molecular complexity index is 961. The number of urea groups is 1. The molecule has 140 valence electrons. The topological polar surface area (TPSA) is 80.0 Å². The number of oxazole rings is 1. The lowest BCUT2D eigenvalue weighted by Crippen LogP contribution is -2.20. The van der Waals surface area contributed by atoms with E-state index in [1.807, 2.05) is 13.8 Å². The summed E-state index contributed by atoms with van der Waals surface area (Å²) in [7, 11) is 0. The van der Waals surface area contributed by atoms with E-state index >= 15 is 0 Å². The molecule has 2 N–H and O–H groups in total. The van der Waals surface area contributed by atoms with Gasteiger partial charge < -0.3 is 9.73 Å². The Labute approximate surface area is 158 Å². The predicted molar refractivity (Wildman–Crippen MR) is 101 cm³/mol. The lowest BCUT2D eigenvalue weighted by molar-refractivity contribution is 0.262. The van der Waals surface area contributed by atoms with Crippen LogP contribution in [-0.2, 0) is 0 Å². The van der Waals surface area contributed by atoms with Crippen LogP contribution in [0.5, 0.6) is 0 Å². The van der Waals surface area contributed by atoms with Gasteiger partial charge in [-0.15, -0.1) is 0 Å². The number of rotatable bonds is 5. The molecule has 0 saturated carbocycles. The molecule has 3 aromatic rings. The largest absolute Gasteiger partial charge is 0.442 e. The normalized spacial score (nSPS) is 11.3. The summed E-state index contributed by atoms with van der Waals surface area (Å²) in [6.45, 7) is 4.01. The highest BCUT2D eigenvalue weighted by atomic mass is 32.1. The lowest BCUT2D eigenvalue weighted by atomic mass is 10.2. The fourth-order valence-corrected chi connectivity index (χ4v) is 2.79. The number of aromatic nitrogens is 2. The molecule has 2 heterocycles. The third kappa shape index (κ3) is 4.76. The first-order valence-corrected chi connectivity index (χ1v) is 8.85. The van der Waals surface area contributed by atoms with Crippen LogP contribution in [0.15, 0.2) is 35.0 Å². The smallest absolute Gasteiger partial charge is 0.325 e. The van der Waals surface area contributed by atoms with Gasteiger partial charge in [-0.3, -0.25) is 5.32 Å². The molecular weight excluding hydrogens is 374 g/mol. The summed E-state index contributed by atoms with van der Waals surface area (Å²) in [5.41, 5.74) is -0.517. The number of hydrogen-bond donors (Lipinski definition) is 2. The summed E-state index contributed by atoms with van der Waals surface area (Å²) in [6, 6.07) is 2.53. The summed E-state index contributed by atoms with van der Waals surface area (Å²) >= 11 is 1.19. The van der Waals surface area contributed by atoms with E-state index in [2.05, 4.69) is 20.6 Å². The van der Waals surface area contributed by atoms with Crippen molar-refractivity contribution < 1.29 is 18.0 Å². The SMILES string of the molecule is CC(C)c1cnc(/C=C/c2cnc(NC(=O)Nc3c(F)cccc3F)s2)o1. The number of anilines is 2. The van der Waals surface area contributed by atoms with Gasteiger partial charge >= 0.3 is 6.03 Å². The van der Waals surface area contributed by atoms with Crippen molar-refractivity contribution in [3.63, 3.8) is 0 Å². The Morgan fingerprint density at radius 1 is 1.15 bits per heavy atom. The Morgan fingerprint density at radius 3 is 2.56 bits per heavy atom. The minimum atomic E-state index is -0.861. The van der Waals surface area contributed by atoms with E-state index in [4.69, 9.17) is 4.42 Å². The van der Waals surface area contributed by atoms with Gasteiger partial charge in [0.05, 0.1) is 6.20 Å². The molecule has 2 amide bonds. The van der Waals surface area contributed by atoms with Crippen molar-refractivity contribution in [3.05, 3.63) is 58.8 Å². The number of carbonyl (C=O) groups is 1. The average Bonchev–Trinajstić information content (AvgIpc) is 3.26. The van der Waals surface area contributed by atoms with Gasteiger partial charge in [0.1, 0.15) is 23.1 Å². The molecular formula is C18H16F2N4O2S. The monoisotopic (exact) mass is 390 g/mol. The van der Waals surface area contributed by atoms with Gasteiger partial charge in [0.2, 0.25) is 5.89 Å². The maximum Gasteiger partial charge on any atom is 0.325 e. The molecule has 0 saturated heterocycles. The molecule has 0 aliphatic rings. The fourth-order valence-electron chi connectivity index (χ4n) is 2.08. The number of nitrogens with one attached hydrogen (secondary N) is 2. The standard InChI is InChI=1S/C18H16F2N4O2S/c1-10(2)14-9-21-15(26-14)7-6-11-8-22-18(27-11)24-17(25)23-16-12(19)4-3-5-13(16)20/h3-10H,1-2H3,(H2,22,23,24,25)/b7-6+. The van der Waals surface area contributed by atoms with Gasteiger partial charge in [0.25, 0.3) is 0 Å². The van der Waals surface area contributed by atoms with Crippen LogP contribution in [0.1, 0.15) is 36.3 Å². The quantitative estimate of drug-likeness (QED) is 0.616. The van der Waals surface area contributed by atoms with E-state index in [1.165, 1.54) is 17.4 Å². The minimum Gasteiger partial charge on any atom is -0.442 e. The van der Waals surface area contributed by atoms with Crippen LogP contribution in [0, 0.1) is 11.6 Å². The second-order valence-corrected chi connectivity index (χ2v) is 6.89. The van der Waals surface area contributed by atoms with Crippen LogP contribution in [0.2, 0.25) is 0 Å². The van der Waals surface area contributed by atoms with Crippen molar-refractivity contribution in [2.45, 2.75) is 19.8 Å². The van der Waals surface area contributed by atoms with Crippen molar-refractivity contribution >= 4 is 40.3 Å². The summed E-state index contributed by atoms with van der Waals surface area (Å²) in [4.78, 5) is 20.8. The molecule has 2 aromatic heterocycles. The van der Waals surface area contributed by atoms with Crippen LogP contribution in [0.4, 0.5) is 24.4 Å². The van der Waals surface area contributed by atoms with Gasteiger partial charge in [-0.1, -0.05) is 31.3 Å². The van der Waals surface area contributed by atoms with Crippen LogP contribution in [0.3, 0.4) is 0 Å². The Kier molecular flexibility index (Phi) is 5.60. The molecule has 0 aliphatic carbocycles. The molecule has 0 aliphatic heterocycles. The van der Waals surface area contributed by atoms with Crippen LogP contribution >= 0.6 is 11.3 Å². The first-order valence-electron chi connectivity index (χ1n) is 8.04. The number of hydrogen-bond acceptors (Lipinski definition) is 5. The van der Waals surface area contributed by atoms with E-state index in [1.54, 1.807) is 24.5 Å². The van der Waals surface area contributed by atoms with E-state index in [0.717, 1.165) is 22.8 Å². The highest BCUT2D eigenvalue weighted by Gasteiger charge is 2.13. The van der Waals surface area contributed by atoms with Crippen molar-refractivity contribution in [2.75, 3.05) is 10.6 Å². The van der Waals surface area contributed by atoms with Gasteiger partial charge in [-0.25, -0.2) is 23.5 Å². The number of carbonyl (C=O) groups excluding carboxylic acids is 1. The Morgan fingerprint density at radius 2 is 1.89 bits per heavy atom. The third-order valence-corrected chi connectivity index (χ3v) is 4.32. The number of para-hydroxylation sites is 1. The van der Waals surface area contributed by atoms with E-state index < -0.39 is 23.4 Å². The first-order chi connectivity index (χ1) is 12.9. The molecule has 0 atom stereocenters. The lowest BCUT2D eigenvalue weighted by Gasteiger charge is -2.07. The number of nitrogens with zero attached hydrogens (tertiary/aromatic N) is 2. The van der Waals surface area contributed by atoms with Crippen molar-refractivity contribution in [1.82, 2.24) is 9.97 Å². The molecule has 27 heavy (non-hydrogen) atoms. The molecule has 0 unspecified atom stereocenters. The predicted octanol–water partition coefficient (Wildman–Crippen LogP) is 5.35. The summed E-state index contributed by atoms with van der Waals surface area (Å²) < 4.78 is 32.7. The number of benzene rings is 1. The molecule has 0 spiro atoms.